The van der Waals surface area contributed by atoms with Crippen molar-refractivity contribution in [1.29, 1.82) is 0 Å². The average Bonchev–Trinajstić information content (AvgIpc) is 2.55. The average molecular weight is 323 g/mol. The fourth-order valence-corrected chi connectivity index (χ4v) is 2.57. The van der Waals surface area contributed by atoms with Gasteiger partial charge >= 0.3 is 12.1 Å². The number of hydrogen-bond donors (Lipinski definition) is 0. The van der Waals surface area contributed by atoms with Crippen molar-refractivity contribution in [3.8, 4) is 5.75 Å². The standard InChI is InChI=1S/C15H17NO7/c1-21-13(17)15(9-3-2-4-10-15)23-14(18)22-12-7-5-11(6-8-12)16(19)20/h5-8H,2-4,9-10H2,1H3. The van der Waals surface area contributed by atoms with Crippen LogP contribution in [-0.4, -0.2) is 29.8 Å². The van der Waals surface area contributed by atoms with Gasteiger partial charge in [-0.05, 0) is 37.8 Å². The molecule has 8 heteroatoms. The van der Waals surface area contributed by atoms with Gasteiger partial charge in [-0.25, -0.2) is 9.59 Å². The third-order valence-corrected chi connectivity index (χ3v) is 3.75. The molecule has 23 heavy (non-hydrogen) atoms. The summed E-state index contributed by atoms with van der Waals surface area (Å²) in [7, 11) is 1.24. The molecule has 1 aromatic carbocycles. The Morgan fingerprint density at radius 1 is 1.13 bits per heavy atom. The smallest absolute Gasteiger partial charge is 0.466 e. The van der Waals surface area contributed by atoms with Crippen LogP contribution >= 0.6 is 0 Å². The summed E-state index contributed by atoms with van der Waals surface area (Å²) in [6.07, 6.45) is 2.19. The number of hydrogen-bond acceptors (Lipinski definition) is 7. The molecule has 0 aromatic heterocycles. The first kappa shape index (κ1) is 16.7. The first-order chi connectivity index (χ1) is 11.0. The first-order valence-electron chi connectivity index (χ1n) is 7.20. The van der Waals surface area contributed by atoms with Gasteiger partial charge in [-0.15, -0.1) is 0 Å². The highest BCUT2D eigenvalue weighted by molar-refractivity contribution is 5.82. The van der Waals surface area contributed by atoms with Gasteiger partial charge in [-0.3, -0.25) is 10.1 Å². The summed E-state index contributed by atoms with van der Waals surface area (Å²) in [6, 6.07) is 4.98. The zero-order valence-corrected chi connectivity index (χ0v) is 12.6. The van der Waals surface area contributed by atoms with E-state index in [-0.39, 0.29) is 11.4 Å². The molecule has 124 valence electrons. The van der Waals surface area contributed by atoms with E-state index in [9.17, 15) is 19.7 Å². The van der Waals surface area contributed by atoms with E-state index in [0.29, 0.717) is 12.8 Å². The van der Waals surface area contributed by atoms with E-state index in [1.165, 1.54) is 31.4 Å². The minimum atomic E-state index is -1.31. The molecular formula is C15H17NO7. The van der Waals surface area contributed by atoms with Crippen LogP contribution in [0.3, 0.4) is 0 Å². The second-order valence-corrected chi connectivity index (χ2v) is 5.25. The van der Waals surface area contributed by atoms with Crippen LogP contribution in [0.25, 0.3) is 0 Å². The molecule has 0 radical (unpaired) electrons. The van der Waals surface area contributed by atoms with Gasteiger partial charge in [0.15, 0.2) is 0 Å². The number of non-ortho nitro benzene ring substituents is 1. The van der Waals surface area contributed by atoms with Crippen LogP contribution in [0.1, 0.15) is 32.1 Å². The van der Waals surface area contributed by atoms with Gasteiger partial charge in [-0.1, -0.05) is 6.42 Å². The molecule has 0 amide bonds. The zero-order chi connectivity index (χ0) is 16.9. The summed E-state index contributed by atoms with van der Waals surface area (Å²) < 4.78 is 15.0. The second kappa shape index (κ2) is 7.08. The molecule has 0 aliphatic heterocycles. The number of nitro benzene ring substituents is 1. The molecule has 8 nitrogen and oxygen atoms in total. The Labute approximate surface area is 132 Å². The molecule has 1 saturated carbocycles. The Morgan fingerprint density at radius 2 is 1.74 bits per heavy atom. The lowest BCUT2D eigenvalue weighted by Crippen LogP contribution is -2.46. The second-order valence-electron chi connectivity index (χ2n) is 5.25. The lowest BCUT2D eigenvalue weighted by molar-refractivity contribution is -0.384. The van der Waals surface area contributed by atoms with E-state index in [0.717, 1.165) is 19.3 Å². The largest absolute Gasteiger partial charge is 0.514 e. The monoisotopic (exact) mass is 323 g/mol. The molecule has 0 unspecified atom stereocenters. The van der Waals surface area contributed by atoms with Crippen molar-refractivity contribution < 1.29 is 28.7 Å². The fourth-order valence-electron chi connectivity index (χ4n) is 2.57. The highest BCUT2D eigenvalue weighted by Crippen LogP contribution is 2.33. The summed E-state index contributed by atoms with van der Waals surface area (Å²) in [5.41, 5.74) is -1.44. The van der Waals surface area contributed by atoms with E-state index < -0.39 is 22.6 Å². The van der Waals surface area contributed by atoms with Gasteiger partial charge in [0, 0.05) is 12.1 Å². The van der Waals surface area contributed by atoms with Crippen molar-refractivity contribution >= 4 is 17.8 Å². The van der Waals surface area contributed by atoms with Crippen LogP contribution in [0.15, 0.2) is 24.3 Å². The van der Waals surface area contributed by atoms with Crippen molar-refractivity contribution in [2.24, 2.45) is 0 Å². The number of esters is 1. The Morgan fingerprint density at radius 3 is 2.26 bits per heavy atom. The highest BCUT2D eigenvalue weighted by atomic mass is 16.7. The number of ether oxygens (including phenoxy) is 3. The molecule has 0 N–H and O–H groups in total. The predicted octanol–water partition coefficient (Wildman–Crippen LogP) is 2.99. The number of nitrogens with zero attached hydrogens (tertiary/aromatic N) is 1. The molecule has 0 heterocycles. The van der Waals surface area contributed by atoms with Crippen LogP contribution in [0.4, 0.5) is 10.5 Å². The minimum absolute atomic E-state index is 0.0939. The van der Waals surface area contributed by atoms with Crippen molar-refractivity contribution in [2.75, 3.05) is 7.11 Å². The van der Waals surface area contributed by atoms with Crippen LogP contribution in [0, 0.1) is 10.1 Å². The number of methoxy groups -OCH3 is 1. The predicted molar refractivity (Wildman–Crippen MR) is 78.0 cm³/mol. The van der Waals surface area contributed by atoms with Gasteiger partial charge < -0.3 is 14.2 Å². The Balaban J connectivity index is 2.04. The SMILES string of the molecule is COC(=O)C1(OC(=O)Oc2ccc([N+](=O)[O-])cc2)CCCCC1. The quantitative estimate of drug-likeness (QED) is 0.363. The molecule has 2 rings (SSSR count). The molecule has 1 fully saturated rings. The maximum atomic E-state index is 12.0. The fraction of sp³-hybridized carbons (Fsp3) is 0.467. The Hall–Kier alpha value is -2.64. The number of benzene rings is 1. The van der Waals surface area contributed by atoms with Gasteiger partial charge in [0.25, 0.3) is 5.69 Å². The number of rotatable bonds is 4. The summed E-state index contributed by atoms with van der Waals surface area (Å²) in [6.45, 7) is 0. The first-order valence-corrected chi connectivity index (χ1v) is 7.20. The molecule has 1 aliphatic carbocycles. The molecule has 0 spiro atoms. The molecule has 0 bridgehead atoms. The number of nitro groups is 1. The van der Waals surface area contributed by atoms with Gasteiger partial charge in [-0.2, -0.15) is 0 Å². The molecular weight excluding hydrogens is 306 g/mol. The summed E-state index contributed by atoms with van der Waals surface area (Å²) in [5.74, 6) is -0.505. The maximum absolute atomic E-state index is 12.0. The lowest BCUT2D eigenvalue weighted by Gasteiger charge is -2.33. The van der Waals surface area contributed by atoms with E-state index in [4.69, 9.17) is 14.2 Å². The minimum Gasteiger partial charge on any atom is -0.466 e. The van der Waals surface area contributed by atoms with E-state index in [1.807, 2.05) is 0 Å². The van der Waals surface area contributed by atoms with Crippen molar-refractivity contribution in [1.82, 2.24) is 0 Å². The summed E-state index contributed by atoms with van der Waals surface area (Å²) >= 11 is 0. The van der Waals surface area contributed by atoms with Gasteiger partial charge in [0.1, 0.15) is 5.75 Å². The maximum Gasteiger partial charge on any atom is 0.514 e. The van der Waals surface area contributed by atoms with E-state index in [1.54, 1.807) is 0 Å². The summed E-state index contributed by atoms with van der Waals surface area (Å²) in [5, 5.41) is 10.6. The normalized spacial score (nSPS) is 16.2. The number of carbonyl (C=O) groups is 2. The van der Waals surface area contributed by atoms with Crippen LogP contribution < -0.4 is 4.74 Å². The van der Waals surface area contributed by atoms with Crippen molar-refractivity contribution in [3.05, 3.63) is 34.4 Å². The molecule has 1 aromatic rings. The van der Waals surface area contributed by atoms with Crippen LogP contribution in [-0.2, 0) is 14.3 Å². The van der Waals surface area contributed by atoms with Crippen LogP contribution in [0.2, 0.25) is 0 Å². The van der Waals surface area contributed by atoms with E-state index in [2.05, 4.69) is 0 Å². The third kappa shape index (κ3) is 3.97. The Bertz CT molecular complexity index is 590. The van der Waals surface area contributed by atoms with Gasteiger partial charge in [0.2, 0.25) is 5.60 Å². The van der Waals surface area contributed by atoms with Crippen molar-refractivity contribution in [2.45, 2.75) is 37.7 Å². The highest BCUT2D eigenvalue weighted by Gasteiger charge is 2.45. The molecule has 0 atom stereocenters. The lowest BCUT2D eigenvalue weighted by atomic mass is 9.84. The zero-order valence-electron chi connectivity index (χ0n) is 12.6. The molecule has 1 aliphatic rings. The van der Waals surface area contributed by atoms with Crippen molar-refractivity contribution in [3.63, 3.8) is 0 Å². The van der Waals surface area contributed by atoms with Crippen LogP contribution in [0.5, 0.6) is 5.75 Å². The third-order valence-electron chi connectivity index (χ3n) is 3.75. The van der Waals surface area contributed by atoms with Gasteiger partial charge in [0.05, 0.1) is 12.0 Å². The molecule has 0 saturated heterocycles. The Kier molecular flexibility index (Phi) is 5.15. The van der Waals surface area contributed by atoms with E-state index >= 15 is 0 Å². The topological polar surface area (TPSA) is 105 Å². The number of carbonyl (C=O) groups excluding carboxylic acids is 2. The summed E-state index contributed by atoms with van der Waals surface area (Å²) in [4.78, 5) is 33.9.